The van der Waals surface area contributed by atoms with Crippen LogP contribution in [0.5, 0.6) is 5.75 Å². The number of carboxylic acid groups (broad SMARTS) is 2. The Labute approximate surface area is 167 Å². The number of carbonyl (C=O) groups excluding carboxylic acids is 2. The molecular formula is C20H24N2O7. The van der Waals surface area contributed by atoms with Crippen LogP contribution in [0.4, 0.5) is 0 Å². The Morgan fingerprint density at radius 1 is 1.21 bits per heavy atom. The smallest absolute Gasteiger partial charge is 0.325 e. The molecule has 2 amide bonds. The number of nitrogens with zero attached hydrogens (tertiary/aromatic N) is 1. The van der Waals surface area contributed by atoms with Gasteiger partial charge < -0.3 is 14.9 Å². The lowest BCUT2D eigenvalue weighted by atomic mass is 9.77. The van der Waals surface area contributed by atoms with Crippen LogP contribution in [0, 0.1) is 11.8 Å². The van der Waals surface area contributed by atoms with E-state index in [1.165, 1.54) is 7.11 Å². The Hall–Kier alpha value is -2.94. The highest BCUT2D eigenvalue weighted by atomic mass is 16.5. The number of nitrogens with one attached hydrogen (secondary N) is 1. The third kappa shape index (κ3) is 3.25. The third-order valence-electron chi connectivity index (χ3n) is 5.77. The summed E-state index contributed by atoms with van der Waals surface area (Å²) in [6, 6.07) is 5.92. The largest absolute Gasteiger partial charge is 0.496 e. The van der Waals surface area contributed by atoms with Gasteiger partial charge in [0.2, 0.25) is 11.8 Å². The van der Waals surface area contributed by atoms with Crippen LogP contribution in [0.15, 0.2) is 24.3 Å². The second-order valence-electron chi connectivity index (χ2n) is 7.40. The molecule has 0 radical (unpaired) electrons. The van der Waals surface area contributed by atoms with Crippen LogP contribution in [0.25, 0.3) is 0 Å². The SMILES string of the molecule is CCCCN1C(=O)C2C(c3ccccc3OC)NC(CC(=O)O)(C(=O)O)C2C1=O. The molecule has 2 heterocycles. The second kappa shape index (κ2) is 7.82. The summed E-state index contributed by atoms with van der Waals surface area (Å²) in [5.41, 5.74) is -1.58. The molecule has 3 rings (SSSR count). The first-order chi connectivity index (χ1) is 13.8. The van der Waals surface area contributed by atoms with Gasteiger partial charge >= 0.3 is 11.9 Å². The molecule has 9 heteroatoms. The summed E-state index contributed by atoms with van der Waals surface area (Å²) < 4.78 is 5.36. The maximum Gasteiger partial charge on any atom is 0.325 e. The minimum atomic E-state index is -2.09. The van der Waals surface area contributed by atoms with Crippen molar-refractivity contribution in [2.24, 2.45) is 11.8 Å². The zero-order valence-electron chi connectivity index (χ0n) is 16.3. The molecule has 3 N–H and O–H groups in total. The average molecular weight is 404 g/mol. The molecule has 2 aliphatic rings. The van der Waals surface area contributed by atoms with Crippen molar-refractivity contribution >= 4 is 23.8 Å². The van der Waals surface area contributed by atoms with E-state index in [1.807, 2.05) is 6.92 Å². The highest BCUT2D eigenvalue weighted by Gasteiger charge is 2.69. The summed E-state index contributed by atoms with van der Waals surface area (Å²) in [5.74, 6) is -5.86. The first-order valence-corrected chi connectivity index (χ1v) is 9.49. The van der Waals surface area contributed by atoms with Gasteiger partial charge in [0, 0.05) is 18.2 Å². The van der Waals surface area contributed by atoms with Crippen LogP contribution >= 0.6 is 0 Å². The molecule has 0 aliphatic carbocycles. The number of rotatable bonds is 8. The number of hydrogen-bond acceptors (Lipinski definition) is 6. The number of fused-ring (bicyclic) bond motifs is 1. The summed E-state index contributed by atoms with van der Waals surface area (Å²) >= 11 is 0. The van der Waals surface area contributed by atoms with Crippen molar-refractivity contribution in [3.05, 3.63) is 29.8 Å². The quantitative estimate of drug-likeness (QED) is 0.547. The van der Waals surface area contributed by atoms with E-state index in [1.54, 1.807) is 24.3 Å². The molecule has 4 unspecified atom stereocenters. The lowest BCUT2D eigenvalue weighted by Gasteiger charge is -2.30. The monoisotopic (exact) mass is 404 g/mol. The third-order valence-corrected chi connectivity index (χ3v) is 5.77. The molecule has 29 heavy (non-hydrogen) atoms. The van der Waals surface area contributed by atoms with Crippen LogP contribution in [-0.4, -0.2) is 58.1 Å². The van der Waals surface area contributed by atoms with E-state index in [0.29, 0.717) is 17.7 Å². The van der Waals surface area contributed by atoms with E-state index in [-0.39, 0.29) is 6.54 Å². The number of unbranched alkanes of at least 4 members (excludes halogenated alkanes) is 1. The van der Waals surface area contributed by atoms with Gasteiger partial charge in [0.05, 0.1) is 25.4 Å². The lowest BCUT2D eigenvalue weighted by Crippen LogP contribution is -2.57. The zero-order chi connectivity index (χ0) is 21.3. The van der Waals surface area contributed by atoms with E-state index in [9.17, 15) is 29.4 Å². The molecule has 156 valence electrons. The summed E-state index contributed by atoms with van der Waals surface area (Å²) in [6.45, 7) is 2.10. The van der Waals surface area contributed by atoms with Gasteiger partial charge in [0.1, 0.15) is 11.3 Å². The van der Waals surface area contributed by atoms with Gasteiger partial charge in [-0.15, -0.1) is 0 Å². The fourth-order valence-corrected chi connectivity index (χ4v) is 4.46. The normalized spacial score (nSPS) is 28.5. The van der Waals surface area contributed by atoms with E-state index in [2.05, 4.69) is 5.32 Å². The maximum absolute atomic E-state index is 13.2. The van der Waals surface area contributed by atoms with E-state index >= 15 is 0 Å². The molecule has 2 fully saturated rings. The molecule has 0 spiro atoms. The van der Waals surface area contributed by atoms with Gasteiger partial charge in [-0.2, -0.15) is 0 Å². The van der Waals surface area contributed by atoms with Crippen molar-refractivity contribution in [3.8, 4) is 5.75 Å². The number of ether oxygens (including phenoxy) is 1. The first kappa shape index (κ1) is 20.8. The molecule has 2 saturated heterocycles. The van der Waals surface area contributed by atoms with Gasteiger partial charge in [-0.1, -0.05) is 31.5 Å². The van der Waals surface area contributed by atoms with Gasteiger partial charge in [-0.05, 0) is 12.5 Å². The molecule has 0 bridgehead atoms. The molecule has 4 atom stereocenters. The highest BCUT2D eigenvalue weighted by molar-refractivity contribution is 6.10. The Kier molecular flexibility index (Phi) is 5.61. The number of hydrogen-bond donors (Lipinski definition) is 3. The van der Waals surface area contributed by atoms with Crippen molar-refractivity contribution in [2.75, 3.05) is 13.7 Å². The van der Waals surface area contributed by atoms with Crippen LogP contribution in [0.2, 0.25) is 0 Å². The number of likely N-dealkylation sites (tertiary alicyclic amines) is 1. The predicted octanol–water partition coefficient (Wildman–Crippen LogP) is 1.04. The molecule has 9 nitrogen and oxygen atoms in total. The van der Waals surface area contributed by atoms with Crippen LogP contribution < -0.4 is 10.1 Å². The maximum atomic E-state index is 13.2. The van der Waals surface area contributed by atoms with Gasteiger partial charge in [0.15, 0.2) is 0 Å². The fraction of sp³-hybridized carbons (Fsp3) is 0.500. The van der Waals surface area contributed by atoms with Gasteiger partial charge in [0.25, 0.3) is 0 Å². The molecule has 0 aromatic heterocycles. The molecule has 2 aliphatic heterocycles. The number of aliphatic carboxylic acids is 2. The van der Waals surface area contributed by atoms with Crippen LogP contribution in [0.3, 0.4) is 0 Å². The Bertz CT molecular complexity index is 855. The molecule has 1 aromatic rings. The topological polar surface area (TPSA) is 133 Å². The summed E-state index contributed by atoms with van der Waals surface area (Å²) in [7, 11) is 1.45. The number of carbonyl (C=O) groups is 4. The Morgan fingerprint density at radius 2 is 1.90 bits per heavy atom. The van der Waals surface area contributed by atoms with Crippen molar-refractivity contribution in [3.63, 3.8) is 0 Å². The molecule has 1 aromatic carbocycles. The van der Waals surface area contributed by atoms with Gasteiger partial charge in [-0.25, -0.2) is 0 Å². The van der Waals surface area contributed by atoms with E-state index in [0.717, 1.165) is 11.3 Å². The highest BCUT2D eigenvalue weighted by Crippen LogP contribution is 2.51. The van der Waals surface area contributed by atoms with Crippen LogP contribution in [0.1, 0.15) is 37.8 Å². The predicted molar refractivity (Wildman–Crippen MR) is 100 cm³/mol. The van der Waals surface area contributed by atoms with Crippen molar-refractivity contribution < 1.29 is 34.1 Å². The van der Waals surface area contributed by atoms with Crippen molar-refractivity contribution in [1.82, 2.24) is 10.2 Å². The van der Waals surface area contributed by atoms with E-state index < -0.39 is 53.6 Å². The van der Waals surface area contributed by atoms with E-state index in [4.69, 9.17) is 4.74 Å². The number of imide groups is 1. The number of amides is 2. The lowest BCUT2D eigenvalue weighted by molar-refractivity contribution is -0.156. The fourth-order valence-electron chi connectivity index (χ4n) is 4.46. The van der Waals surface area contributed by atoms with Crippen molar-refractivity contribution in [2.45, 2.75) is 37.8 Å². The average Bonchev–Trinajstić information content (AvgIpc) is 3.15. The van der Waals surface area contributed by atoms with Crippen LogP contribution in [-0.2, 0) is 19.2 Å². The number of benzene rings is 1. The Morgan fingerprint density at radius 3 is 2.48 bits per heavy atom. The summed E-state index contributed by atoms with van der Waals surface area (Å²) in [4.78, 5) is 51.2. The Balaban J connectivity index is 2.15. The number of para-hydroxylation sites is 1. The first-order valence-electron chi connectivity index (χ1n) is 9.49. The zero-order valence-corrected chi connectivity index (χ0v) is 16.3. The summed E-state index contributed by atoms with van der Waals surface area (Å²) in [5, 5.41) is 22.2. The standard InChI is InChI=1S/C20H24N2O7/c1-3-4-9-22-17(25)14-15(18(22)26)20(19(27)28,10-13(23)24)21-16(14)11-7-5-6-8-12(11)29-2/h5-8,14-16,21H,3-4,9-10H2,1-2H3,(H,23,24)(H,27,28). The number of methoxy groups -OCH3 is 1. The number of carboxylic acids is 2. The minimum absolute atomic E-state index is 0.183. The molecule has 0 saturated carbocycles. The van der Waals surface area contributed by atoms with Crippen molar-refractivity contribution in [1.29, 1.82) is 0 Å². The molecular weight excluding hydrogens is 380 g/mol. The summed E-state index contributed by atoms with van der Waals surface area (Å²) in [6.07, 6.45) is 0.512. The minimum Gasteiger partial charge on any atom is -0.496 e. The van der Waals surface area contributed by atoms with Gasteiger partial charge in [-0.3, -0.25) is 29.4 Å². The second-order valence-corrected chi connectivity index (χ2v) is 7.40.